The summed E-state index contributed by atoms with van der Waals surface area (Å²) in [6, 6.07) is 4.12. The molecule has 0 aromatic carbocycles. The second-order valence-corrected chi connectivity index (χ2v) is 3.36. The van der Waals surface area contributed by atoms with Crippen molar-refractivity contribution in [1.82, 2.24) is 4.98 Å². The van der Waals surface area contributed by atoms with E-state index in [0.29, 0.717) is 0 Å². The van der Waals surface area contributed by atoms with Crippen LogP contribution in [0.4, 0.5) is 0 Å². The molecule has 0 radical (unpaired) electrons. The Morgan fingerprint density at radius 3 is 3.18 bits per heavy atom. The van der Waals surface area contributed by atoms with E-state index in [0.717, 1.165) is 15.8 Å². The van der Waals surface area contributed by atoms with Gasteiger partial charge in [-0.15, -0.1) is 0 Å². The number of rotatable bonds is 0. The van der Waals surface area contributed by atoms with Gasteiger partial charge in [0.25, 0.3) is 4.60 Å². The molecule has 0 fully saturated rings. The summed E-state index contributed by atoms with van der Waals surface area (Å²) in [6.45, 7) is 2.03. The first-order valence-corrected chi connectivity index (χ1v) is 4.22. The van der Waals surface area contributed by atoms with Crippen molar-refractivity contribution in [1.29, 1.82) is 0 Å². The van der Waals surface area contributed by atoms with Crippen molar-refractivity contribution in [2.75, 3.05) is 0 Å². The summed E-state index contributed by atoms with van der Waals surface area (Å²) in [5.41, 5.74) is 2.31. The normalized spacial score (nSPS) is 10.7. The fourth-order valence-corrected chi connectivity index (χ4v) is 1.84. The Hall–Kier alpha value is -0.830. The topological polar surface area (TPSA) is 29.9 Å². The average Bonchev–Trinajstić information content (AvgIpc) is 2.34. The van der Waals surface area contributed by atoms with E-state index in [1.165, 1.54) is 5.39 Å². The lowest BCUT2D eigenvalue weighted by molar-refractivity contribution is -0.399. The van der Waals surface area contributed by atoms with E-state index < -0.39 is 0 Å². The average molecular weight is 212 g/mol. The molecule has 56 valence electrons. The van der Waals surface area contributed by atoms with Crippen LogP contribution >= 0.6 is 15.9 Å². The van der Waals surface area contributed by atoms with Crippen molar-refractivity contribution in [3.05, 3.63) is 28.6 Å². The Kier molecular flexibility index (Phi) is 1.46. The maximum absolute atomic E-state index is 3.45. The van der Waals surface area contributed by atoms with E-state index in [9.17, 15) is 0 Å². The number of aromatic amines is 2. The van der Waals surface area contributed by atoms with Gasteiger partial charge in [0.05, 0.1) is 10.9 Å². The van der Waals surface area contributed by atoms with Crippen LogP contribution in [-0.4, -0.2) is 4.98 Å². The molecule has 0 amide bonds. The number of pyridine rings is 1. The van der Waals surface area contributed by atoms with Gasteiger partial charge in [-0.05, 0) is 6.07 Å². The number of fused-ring (bicyclic) bond motifs is 1. The fraction of sp³-hybridized carbons (Fsp3) is 0.125. The number of aryl methyl sites for hydroxylation is 1. The van der Waals surface area contributed by atoms with Crippen molar-refractivity contribution in [2.24, 2.45) is 0 Å². The molecule has 0 saturated carbocycles. The minimum absolute atomic E-state index is 1.04. The minimum Gasteiger partial charge on any atom is -0.361 e. The van der Waals surface area contributed by atoms with Crippen LogP contribution in [-0.2, 0) is 0 Å². The Bertz CT molecular complexity index is 392. The summed E-state index contributed by atoms with van der Waals surface area (Å²) in [7, 11) is 0. The smallest absolute Gasteiger partial charge is 0.255 e. The molecule has 11 heavy (non-hydrogen) atoms. The second-order valence-electron chi connectivity index (χ2n) is 2.57. The van der Waals surface area contributed by atoms with Crippen LogP contribution < -0.4 is 4.98 Å². The highest BCUT2D eigenvalue weighted by Gasteiger charge is 2.06. The van der Waals surface area contributed by atoms with Gasteiger partial charge in [0, 0.05) is 35.1 Å². The summed E-state index contributed by atoms with van der Waals surface area (Å²) in [4.78, 5) is 6.35. The lowest BCUT2D eigenvalue weighted by atomic mass is 10.3. The largest absolute Gasteiger partial charge is 0.361 e. The third-order valence-corrected chi connectivity index (χ3v) is 2.31. The molecule has 0 atom stereocenters. The van der Waals surface area contributed by atoms with Gasteiger partial charge >= 0.3 is 0 Å². The third-order valence-electron chi connectivity index (χ3n) is 1.68. The lowest BCUT2D eigenvalue weighted by Crippen LogP contribution is -2.08. The molecule has 0 aliphatic carbocycles. The molecule has 2 aromatic rings. The Labute approximate surface area is 72.8 Å². The van der Waals surface area contributed by atoms with Crippen molar-refractivity contribution < 1.29 is 4.98 Å². The van der Waals surface area contributed by atoms with Crippen LogP contribution in [0.15, 0.2) is 22.9 Å². The zero-order chi connectivity index (χ0) is 7.84. The van der Waals surface area contributed by atoms with E-state index >= 15 is 0 Å². The van der Waals surface area contributed by atoms with Crippen molar-refractivity contribution >= 4 is 26.8 Å². The summed E-state index contributed by atoms with van der Waals surface area (Å²) in [5.74, 6) is 0. The molecule has 0 spiro atoms. The Balaban J connectivity index is 2.91. The van der Waals surface area contributed by atoms with Gasteiger partial charge in [0.2, 0.25) is 0 Å². The molecule has 0 unspecified atom stereocenters. The number of aromatic nitrogens is 2. The zero-order valence-electron chi connectivity index (χ0n) is 6.11. The molecule has 0 saturated heterocycles. The molecule has 0 aliphatic rings. The summed E-state index contributed by atoms with van der Waals surface area (Å²) in [5, 5.41) is 1.19. The van der Waals surface area contributed by atoms with Gasteiger partial charge in [-0.1, -0.05) is 0 Å². The van der Waals surface area contributed by atoms with Gasteiger partial charge in [-0.3, -0.25) is 0 Å². The van der Waals surface area contributed by atoms with Crippen LogP contribution in [0.25, 0.3) is 10.9 Å². The molecule has 0 aliphatic heterocycles. The minimum atomic E-state index is 1.04. The van der Waals surface area contributed by atoms with Gasteiger partial charge in [-0.2, -0.15) is 0 Å². The van der Waals surface area contributed by atoms with Crippen LogP contribution in [0.2, 0.25) is 0 Å². The number of halogens is 1. The van der Waals surface area contributed by atoms with Crippen LogP contribution in [0.3, 0.4) is 0 Å². The highest BCUT2D eigenvalue weighted by atomic mass is 79.9. The summed E-state index contributed by atoms with van der Waals surface area (Å²) >= 11 is 3.45. The van der Waals surface area contributed by atoms with Gasteiger partial charge < -0.3 is 4.98 Å². The van der Waals surface area contributed by atoms with Crippen LogP contribution in [0, 0.1) is 6.92 Å². The quantitative estimate of drug-likeness (QED) is 0.648. The van der Waals surface area contributed by atoms with E-state index in [1.54, 1.807) is 0 Å². The number of hydrogen-bond donors (Lipinski definition) is 1. The van der Waals surface area contributed by atoms with E-state index in [2.05, 4.69) is 32.0 Å². The van der Waals surface area contributed by atoms with E-state index in [4.69, 9.17) is 0 Å². The highest BCUT2D eigenvalue weighted by molar-refractivity contribution is 9.10. The van der Waals surface area contributed by atoms with E-state index in [-0.39, 0.29) is 0 Å². The number of nitrogens with one attached hydrogen (secondary N) is 2. The monoisotopic (exact) mass is 211 g/mol. The Morgan fingerprint density at radius 1 is 1.55 bits per heavy atom. The van der Waals surface area contributed by atoms with Crippen LogP contribution in [0.5, 0.6) is 0 Å². The Morgan fingerprint density at radius 2 is 2.36 bits per heavy atom. The molecule has 2 rings (SSSR count). The zero-order valence-corrected chi connectivity index (χ0v) is 7.70. The lowest BCUT2D eigenvalue weighted by Gasteiger charge is -1.88. The molecule has 2 nitrogen and oxygen atoms in total. The SMILES string of the molecule is Cc1cc2[nH]ccc2c(Br)[nH+]1. The molecule has 2 N–H and O–H groups in total. The van der Waals surface area contributed by atoms with Gasteiger partial charge in [-0.25, -0.2) is 4.98 Å². The van der Waals surface area contributed by atoms with Crippen LogP contribution in [0.1, 0.15) is 5.69 Å². The number of H-pyrrole nitrogens is 2. The van der Waals surface area contributed by atoms with Crippen molar-refractivity contribution in [3.8, 4) is 0 Å². The van der Waals surface area contributed by atoms with Gasteiger partial charge in [0.1, 0.15) is 0 Å². The molecule has 2 aromatic heterocycles. The summed E-state index contributed by atoms with van der Waals surface area (Å²) < 4.78 is 1.04. The van der Waals surface area contributed by atoms with Crippen molar-refractivity contribution in [2.45, 2.75) is 6.92 Å². The molecular formula is C8H8BrN2+. The third kappa shape index (κ3) is 1.05. The first-order chi connectivity index (χ1) is 5.27. The highest BCUT2D eigenvalue weighted by Crippen LogP contribution is 2.18. The standard InChI is InChI=1S/C8H7BrN2/c1-5-4-7-6(2-3-10-7)8(9)11-5/h2-4,10H,1H3/p+1. The predicted molar refractivity (Wildman–Crippen MR) is 47.3 cm³/mol. The summed E-state index contributed by atoms with van der Waals surface area (Å²) in [6.07, 6.45) is 1.93. The first-order valence-electron chi connectivity index (χ1n) is 3.43. The van der Waals surface area contributed by atoms with Gasteiger partial charge in [0.15, 0.2) is 5.69 Å². The molecular weight excluding hydrogens is 204 g/mol. The molecule has 2 heterocycles. The number of hydrogen-bond acceptors (Lipinski definition) is 0. The molecule has 3 heteroatoms. The maximum atomic E-state index is 3.45. The first kappa shape index (κ1) is 6.85. The van der Waals surface area contributed by atoms with E-state index in [1.807, 2.05) is 19.2 Å². The molecule has 0 bridgehead atoms. The van der Waals surface area contributed by atoms with Crippen molar-refractivity contribution in [3.63, 3.8) is 0 Å². The second kappa shape index (κ2) is 2.34. The fourth-order valence-electron chi connectivity index (χ4n) is 1.19. The maximum Gasteiger partial charge on any atom is 0.255 e. The predicted octanol–water partition coefficient (Wildman–Crippen LogP) is 2.05.